The fraction of sp³-hybridized carbons (Fsp3) is 0.600. The number of piperidine rings is 1. The molecule has 0 radical (unpaired) electrons. The van der Waals surface area contributed by atoms with Crippen molar-refractivity contribution in [3.8, 4) is 5.75 Å². The van der Waals surface area contributed by atoms with Gasteiger partial charge in [0.05, 0.1) is 6.61 Å². The van der Waals surface area contributed by atoms with Crippen molar-refractivity contribution in [3.63, 3.8) is 0 Å². The normalized spacial score (nSPS) is 24.6. The molecule has 94 valence electrons. The molecule has 0 saturated carbocycles. The molecule has 1 heterocycles. The van der Waals surface area contributed by atoms with Crippen molar-refractivity contribution < 1.29 is 4.74 Å². The van der Waals surface area contributed by atoms with Crippen LogP contribution in [0.25, 0.3) is 0 Å². The molecule has 1 fully saturated rings. The largest absolute Gasteiger partial charge is 0.493 e. The van der Waals surface area contributed by atoms with E-state index < -0.39 is 0 Å². The molecule has 0 aromatic heterocycles. The molecule has 2 unspecified atom stereocenters. The number of hydrogen-bond donors (Lipinski definition) is 1. The summed E-state index contributed by atoms with van der Waals surface area (Å²) in [7, 11) is 0. The van der Waals surface area contributed by atoms with Crippen LogP contribution in [-0.4, -0.2) is 19.2 Å². The Balaban J connectivity index is 2.08. The van der Waals surface area contributed by atoms with Crippen LogP contribution in [0, 0.1) is 0 Å². The summed E-state index contributed by atoms with van der Waals surface area (Å²) < 4.78 is 5.84. The van der Waals surface area contributed by atoms with Gasteiger partial charge >= 0.3 is 0 Å². The predicted octanol–water partition coefficient (Wildman–Crippen LogP) is 3.33. The van der Waals surface area contributed by atoms with E-state index in [9.17, 15) is 0 Å². The maximum absolute atomic E-state index is 5.84. The Morgan fingerprint density at radius 2 is 2.12 bits per heavy atom. The van der Waals surface area contributed by atoms with Crippen LogP contribution in [0.4, 0.5) is 0 Å². The zero-order valence-electron chi connectivity index (χ0n) is 10.9. The van der Waals surface area contributed by atoms with Gasteiger partial charge in [-0.25, -0.2) is 0 Å². The van der Waals surface area contributed by atoms with Crippen molar-refractivity contribution in [3.05, 3.63) is 29.8 Å². The van der Waals surface area contributed by atoms with Crippen LogP contribution >= 0.6 is 0 Å². The van der Waals surface area contributed by atoms with Gasteiger partial charge in [0.15, 0.2) is 0 Å². The second kappa shape index (κ2) is 6.06. The zero-order chi connectivity index (χ0) is 12.1. The van der Waals surface area contributed by atoms with Gasteiger partial charge in [0, 0.05) is 18.5 Å². The summed E-state index contributed by atoms with van der Waals surface area (Å²) in [6.45, 7) is 6.30. The monoisotopic (exact) mass is 233 g/mol. The van der Waals surface area contributed by atoms with Gasteiger partial charge in [-0.2, -0.15) is 0 Å². The minimum absolute atomic E-state index is 0.610. The summed E-state index contributed by atoms with van der Waals surface area (Å²) in [4.78, 5) is 0. The molecular formula is C15H23NO. The Morgan fingerprint density at radius 1 is 1.29 bits per heavy atom. The Labute approximate surface area is 104 Å². The molecule has 1 N–H and O–H groups in total. The van der Waals surface area contributed by atoms with E-state index in [-0.39, 0.29) is 0 Å². The number of hydrogen-bond acceptors (Lipinski definition) is 2. The first-order valence-electron chi connectivity index (χ1n) is 6.76. The Kier molecular flexibility index (Phi) is 4.43. The fourth-order valence-corrected chi connectivity index (χ4v) is 2.43. The van der Waals surface area contributed by atoms with E-state index in [4.69, 9.17) is 4.74 Å². The van der Waals surface area contributed by atoms with E-state index in [1.54, 1.807) is 0 Å². The van der Waals surface area contributed by atoms with Gasteiger partial charge in [-0.05, 0) is 37.8 Å². The summed E-state index contributed by atoms with van der Waals surface area (Å²) in [5.41, 5.74) is 1.38. The van der Waals surface area contributed by atoms with Crippen LogP contribution in [0.15, 0.2) is 24.3 Å². The van der Waals surface area contributed by atoms with E-state index in [2.05, 4.69) is 43.4 Å². The molecule has 1 aliphatic rings. The molecule has 0 bridgehead atoms. The first kappa shape index (κ1) is 12.4. The van der Waals surface area contributed by atoms with Gasteiger partial charge in [0.2, 0.25) is 0 Å². The third-order valence-corrected chi connectivity index (χ3v) is 3.48. The average molecular weight is 233 g/mol. The zero-order valence-corrected chi connectivity index (χ0v) is 10.9. The van der Waals surface area contributed by atoms with Gasteiger partial charge < -0.3 is 10.1 Å². The van der Waals surface area contributed by atoms with Crippen molar-refractivity contribution in [1.82, 2.24) is 5.32 Å². The topological polar surface area (TPSA) is 21.3 Å². The molecule has 2 nitrogen and oxygen atoms in total. The molecule has 0 amide bonds. The van der Waals surface area contributed by atoms with Crippen molar-refractivity contribution in [2.24, 2.45) is 0 Å². The standard InChI is InChI=1S/C15H23NO/c1-3-10-17-15-7-5-4-6-14(15)13-9-8-12(2)16-11-13/h4-7,12-13,16H,3,8-11H2,1-2H3. The lowest BCUT2D eigenvalue weighted by Crippen LogP contribution is -2.35. The summed E-state index contributed by atoms with van der Waals surface area (Å²) in [5.74, 6) is 1.69. The van der Waals surface area contributed by atoms with Crippen LogP contribution in [-0.2, 0) is 0 Å². The van der Waals surface area contributed by atoms with Gasteiger partial charge in [-0.3, -0.25) is 0 Å². The number of ether oxygens (including phenoxy) is 1. The van der Waals surface area contributed by atoms with Crippen LogP contribution in [0.2, 0.25) is 0 Å². The summed E-state index contributed by atoms with van der Waals surface area (Å²) in [6.07, 6.45) is 3.59. The van der Waals surface area contributed by atoms with E-state index in [1.807, 2.05) is 0 Å². The highest BCUT2D eigenvalue weighted by Gasteiger charge is 2.21. The lowest BCUT2D eigenvalue weighted by Gasteiger charge is -2.29. The SMILES string of the molecule is CCCOc1ccccc1C1CCC(C)NC1. The molecule has 1 aromatic carbocycles. The minimum atomic E-state index is 0.610. The van der Waals surface area contributed by atoms with Crippen molar-refractivity contribution in [2.45, 2.75) is 45.1 Å². The van der Waals surface area contributed by atoms with Crippen molar-refractivity contribution in [2.75, 3.05) is 13.2 Å². The molecule has 2 heteroatoms. The number of nitrogens with one attached hydrogen (secondary N) is 1. The molecule has 0 aliphatic carbocycles. The molecule has 2 rings (SSSR count). The Morgan fingerprint density at radius 3 is 2.82 bits per heavy atom. The molecule has 1 aromatic rings. The number of benzene rings is 1. The molecule has 1 saturated heterocycles. The first-order valence-corrected chi connectivity index (χ1v) is 6.76. The van der Waals surface area contributed by atoms with Crippen LogP contribution in [0.3, 0.4) is 0 Å². The highest BCUT2D eigenvalue weighted by atomic mass is 16.5. The van der Waals surface area contributed by atoms with Crippen molar-refractivity contribution >= 4 is 0 Å². The van der Waals surface area contributed by atoms with Gasteiger partial charge in [-0.1, -0.05) is 25.1 Å². The maximum atomic E-state index is 5.84. The second-order valence-corrected chi connectivity index (χ2v) is 4.97. The van der Waals surface area contributed by atoms with E-state index in [0.717, 1.165) is 25.3 Å². The minimum Gasteiger partial charge on any atom is -0.493 e. The van der Waals surface area contributed by atoms with E-state index >= 15 is 0 Å². The van der Waals surface area contributed by atoms with Crippen molar-refractivity contribution in [1.29, 1.82) is 0 Å². The third kappa shape index (κ3) is 3.22. The summed E-state index contributed by atoms with van der Waals surface area (Å²) >= 11 is 0. The average Bonchev–Trinajstić information content (AvgIpc) is 2.38. The smallest absolute Gasteiger partial charge is 0.122 e. The highest BCUT2D eigenvalue weighted by Crippen LogP contribution is 2.32. The third-order valence-electron chi connectivity index (χ3n) is 3.48. The number of rotatable bonds is 4. The predicted molar refractivity (Wildman–Crippen MR) is 71.7 cm³/mol. The lowest BCUT2D eigenvalue weighted by atomic mass is 9.88. The molecule has 2 atom stereocenters. The number of para-hydroxylation sites is 1. The molecule has 0 spiro atoms. The van der Waals surface area contributed by atoms with Gasteiger partial charge in [0.1, 0.15) is 5.75 Å². The quantitative estimate of drug-likeness (QED) is 0.861. The summed E-state index contributed by atoms with van der Waals surface area (Å²) in [6, 6.07) is 9.16. The van der Waals surface area contributed by atoms with Crippen LogP contribution in [0.1, 0.15) is 44.6 Å². The van der Waals surface area contributed by atoms with Crippen LogP contribution < -0.4 is 10.1 Å². The van der Waals surface area contributed by atoms with Gasteiger partial charge in [-0.15, -0.1) is 0 Å². The second-order valence-electron chi connectivity index (χ2n) is 4.97. The fourth-order valence-electron chi connectivity index (χ4n) is 2.43. The maximum Gasteiger partial charge on any atom is 0.122 e. The summed E-state index contributed by atoms with van der Waals surface area (Å²) in [5, 5.41) is 3.56. The first-order chi connectivity index (χ1) is 8.31. The highest BCUT2D eigenvalue weighted by molar-refractivity contribution is 5.36. The van der Waals surface area contributed by atoms with Gasteiger partial charge in [0.25, 0.3) is 0 Å². The molecular weight excluding hydrogens is 210 g/mol. The Bertz CT molecular complexity index is 343. The van der Waals surface area contributed by atoms with Crippen LogP contribution in [0.5, 0.6) is 5.75 Å². The van der Waals surface area contributed by atoms with E-state index in [0.29, 0.717) is 12.0 Å². The lowest BCUT2D eigenvalue weighted by molar-refractivity contribution is 0.305. The molecule has 17 heavy (non-hydrogen) atoms. The Hall–Kier alpha value is -1.02. The van der Waals surface area contributed by atoms with E-state index in [1.165, 1.54) is 18.4 Å². The molecule has 1 aliphatic heterocycles.